The van der Waals surface area contributed by atoms with Gasteiger partial charge in [-0.2, -0.15) is 13.2 Å². The van der Waals surface area contributed by atoms with Crippen LogP contribution in [0.5, 0.6) is 11.5 Å². The van der Waals surface area contributed by atoms with Crippen molar-refractivity contribution >= 4 is 5.69 Å². The van der Waals surface area contributed by atoms with E-state index in [1.54, 1.807) is 12.1 Å². The molecule has 2 aromatic rings. The molecule has 0 aliphatic heterocycles. The molecule has 2 aromatic carbocycles. The molecule has 0 amide bonds. The fourth-order valence-electron chi connectivity index (χ4n) is 1.90. The van der Waals surface area contributed by atoms with Gasteiger partial charge in [-0.3, -0.25) is 0 Å². The maximum Gasteiger partial charge on any atom is 0.416 e. The average Bonchev–Trinajstić information content (AvgIpc) is 2.54. The van der Waals surface area contributed by atoms with Gasteiger partial charge in [0.15, 0.2) is 6.29 Å². The number of para-hydroxylation sites is 1. The molecule has 0 aromatic heterocycles. The first kappa shape index (κ1) is 16.9. The molecule has 5 nitrogen and oxygen atoms in total. The second-order valence-electron chi connectivity index (χ2n) is 4.54. The number of nitroso groups, excluding NO2 is 1. The van der Waals surface area contributed by atoms with Crippen molar-refractivity contribution in [1.29, 1.82) is 0 Å². The maximum absolute atomic E-state index is 12.7. The second-order valence-corrected chi connectivity index (χ2v) is 4.54. The van der Waals surface area contributed by atoms with Gasteiger partial charge < -0.3 is 14.6 Å². The lowest BCUT2D eigenvalue weighted by Crippen LogP contribution is -2.56. The minimum atomic E-state index is -4.58. The number of rotatable bonds is 5. The molecule has 1 unspecified atom stereocenters. The molecule has 0 saturated carbocycles. The number of benzene rings is 2. The Bertz CT molecular complexity index is 703. The third-order valence-corrected chi connectivity index (χ3v) is 3.05. The van der Waals surface area contributed by atoms with Gasteiger partial charge in [-0.1, -0.05) is 18.2 Å². The van der Waals surface area contributed by atoms with E-state index >= 15 is 0 Å². The van der Waals surface area contributed by atoms with E-state index in [0.29, 0.717) is 6.07 Å². The molecule has 0 spiro atoms. The number of ether oxygens (including phenoxy) is 2. The highest BCUT2D eigenvalue weighted by Crippen LogP contribution is 2.36. The van der Waals surface area contributed by atoms with E-state index in [9.17, 15) is 23.2 Å². The van der Waals surface area contributed by atoms with Crippen LogP contribution in [0.3, 0.4) is 0 Å². The van der Waals surface area contributed by atoms with Crippen LogP contribution in [0.2, 0.25) is 0 Å². The van der Waals surface area contributed by atoms with Gasteiger partial charge in [0.1, 0.15) is 5.75 Å². The molecule has 2 rings (SSSR count). The van der Waals surface area contributed by atoms with Crippen LogP contribution < -0.4 is 9.91 Å². The molecule has 1 atom stereocenters. The van der Waals surface area contributed by atoms with Crippen LogP contribution in [-0.4, -0.2) is 12.2 Å². The van der Waals surface area contributed by atoms with Gasteiger partial charge in [-0.05, 0) is 18.2 Å². The Morgan fingerprint density at radius 1 is 1.13 bits per heavy atom. The minimum Gasteiger partial charge on any atom is -0.450 e. The van der Waals surface area contributed by atoms with Gasteiger partial charge in [-0.25, -0.2) is 0 Å². The lowest BCUT2D eigenvalue weighted by Gasteiger charge is -2.14. The summed E-state index contributed by atoms with van der Waals surface area (Å²) >= 11 is 0. The summed E-state index contributed by atoms with van der Waals surface area (Å²) in [6, 6.07) is 8.73. The van der Waals surface area contributed by atoms with Crippen LogP contribution in [0.15, 0.2) is 42.5 Å². The number of nitrogens with one attached hydrogen (secondary N) is 1. The largest absolute Gasteiger partial charge is 0.450 e. The van der Waals surface area contributed by atoms with Gasteiger partial charge in [-0.15, -0.1) is 0 Å². The normalized spacial score (nSPS) is 12.7. The van der Waals surface area contributed by atoms with E-state index in [4.69, 9.17) is 9.47 Å². The maximum atomic E-state index is 12.7. The smallest absolute Gasteiger partial charge is 0.416 e. The standard InChI is InChI=1S/C15H12F3NO4/c1-22-14(20)10-4-2-3-5-12(10)23-13-7-6-9(15(16,17)18)8-11(13)19-21/h2-8,14,20H,1H3/p+1. The Morgan fingerprint density at radius 3 is 2.43 bits per heavy atom. The fourth-order valence-corrected chi connectivity index (χ4v) is 1.90. The summed E-state index contributed by atoms with van der Waals surface area (Å²) in [6.45, 7) is 0. The highest BCUT2D eigenvalue weighted by Gasteiger charge is 2.32. The first-order valence-electron chi connectivity index (χ1n) is 6.44. The van der Waals surface area contributed by atoms with Crippen LogP contribution in [0.25, 0.3) is 0 Å². The van der Waals surface area contributed by atoms with E-state index in [0.717, 1.165) is 12.1 Å². The molecular formula is C15H13F3NO4+. The van der Waals surface area contributed by atoms with Crippen molar-refractivity contribution in [3.05, 3.63) is 58.5 Å². The predicted octanol–water partition coefficient (Wildman–Crippen LogP) is 2.61. The van der Waals surface area contributed by atoms with Gasteiger partial charge in [0, 0.05) is 23.3 Å². The third kappa shape index (κ3) is 3.85. The Hall–Kier alpha value is -2.45. The number of alkyl halides is 3. The zero-order valence-corrected chi connectivity index (χ0v) is 11.9. The van der Waals surface area contributed by atoms with Gasteiger partial charge in [0.25, 0.3) is 5.69 Å². The van der Waals surface area contributed by atoms with Crippen LogP contribution in [0, 0.1) is 4.91 Å². The third-order valence-electron chi connectivity index (χ3n) is 3.05. The lowest BCUT2D eigenvalue weighted by molar-refractivity contribution is -0.380. The minimum absolute atomic E-state index is 0.108. The van der Waals surface area contributed by atoms with Crippen molar-refractivity contribution in [3.63, 3.8) is 0 Å². The summed E-state index contributed by atoms with van der Waals surface area (Å²) in [5.41, 5.74) is -1.08. The molecule has 0 fully saturated rings. The summed E-state index contributed by atoms with van der Waals surface area (Å²) in [6.07, 6.45) is -5.85. The Morgan fingerprint density at radius 2 is 1.83 bits per heavy atom. The number of aliphatic hydroxyl groups excluding tert-OH is 1. The van der Waals surface area contributed by atoms with E-state index in [1.165, 1.54) is 24.4 Å². The quantitative estimate of drug-likeness (QED) is 0.828. The highest BCUT2D eigenvalue weighted by atomic mass is 19.4. The summed E-state index contributed by atoms with van der Waals surface area (Å²) in [7, 11) is 1.28. The molecule has 0 heterocycles. The number of halogens is 3. The first-order valence-corrected chi connectivity index (χ1v) is 6.44. The number of aliphatic hydroxyl groups is 1. The molecule has 0 saturated heterocycles. The average molecular weight is 328 g/mol. The fraction of sp³-hybridized carbons (Fsp3) is 0.200. The zero-order chi connectivity index (χ0) is 17.0. The monoisotopic (exact) mass is 328 g/mol. The molecule has 23 heavy (non-hydrogen) atoms. The number of methoxy groups -OCH3 is 1. The summed E-state index contributed by atoms with van der Waals surface area (Å²) in [4.78, 5) is 10.9. The van der Waals surface area contributed by atoms with Crippen molar-refractivity contribution in [1.82, 2.24) is 0 Å². The van der Waals surface area contributed by atoms with Crippen LogP contribution >= 0.6 is 0 Å². The van der Waals surface area contributed by atoms with Gasteiger partial charge >= 0.3 is 6.18 Å². The van der Waals surface area contributed by atoms with E-state index < -0.39 is 18.0 Å². The van der Waals surface area contributed by atoms with E-state index in [2.05, 4.69) is 0 Å². The van der Waals surface area contributed by atoms with Crippen molar-refractivity contribution in [2.45, 2.75) is 12.5 Å². The van der Waals surface area contributed by atoms with E-state index in [1.807, 2.05) is 0 Å². The molecule has 0 bridgehead atoms. The molecule has 122 valence electrons. The first-order chi connectivity index (χ1) is 10.9. The molecule has 2 N–H and O–H groups in total. The van der Waals surface area contributed by atoms with Crippen LogP contribution in [0.1, 0.15) is 17.4 Å². The zero-order valence-electron chi connectivity index (χ0n) is 11.9. The molecule has 0 aliphatic rings. The van der Waals surface area contributed by atoms with Gasteiger partial charge in [0.05, 0.1) is 11.1 Å². The van der Waals surface area contributed by atoms with Crippen molar-refractivity contribution in [3.8, 4) is 11.5 Å². The predicted molar refractivity (Wildman–Crippen MR) is 73.9 cm³/mol. The number of hydrogen-bond acceptors (Lipinski definition) is 4. The number of hydrogen-bond donors (Lipinski definition) is 2. The van der Waals surface area contributed by atoms with Crippen molar-refractivity contribution in [2.24, 2.45) is 0 Å². The topological polar surface area (TPSA) is 69.7 Å². The van der Waals surface area contributed by atoms with Crippen molar-refractivity contribution in [2.75, 3.05) is 7.11 Å². The molecule has 0 radical (unpaired) electrons. The van der Waals surface area contributed by atoms with Crippen LogP contribution in [-0.2, 0) is 10.9 Å². The summed E-state index contributed by atoms with van der Waals surface area (Å²) in [5.74, 6) is 0.0434. The Kier molecular flexibility index (Phi) is 4.97. The lowest BCUT2D eigenvalue weighted by atomic mass is 10.1. The molecule has 8 heteroatoms. The molecule has 0 aliphatic carbocycles. The van der Waals surface area contributed by atoms with E-state index in [-0.39, 0.29) is 22.7 Å². The summed E-state index contributed by atoms with van der Waals surface area (Å²) in [5, 5.41) is 11.2. The highest BCUT2D eigenvalue weighted by molar-refractivity contribution is 5.51. The van der Waals surface area contributed by atoms with Crippen LogP contribution in [0.4, 0.5) is 18.9 Å². The molecular weight excluding hydrogens is 315 g/mol. The second kappa shape index (κ2) is 6.76. The Balaban J connectivity index is 2.40. The Labute approximate surface area is 129 Å². The SMILES string of the molecule is COC(O)c1ccccc1Oc1ccc(C(F)(F)F)cc1[NH+]=O. The van der Waals surface area contributed by atoms with Gasteiger partial charge in [0.2, 0.25) is 5.75 Å². The van der Waals surface area contributed by atoms with Crippen molar-refractivity contribution < 1.29 is 32.9 Å². The summed E-state index contributed by atoms with van der Waals surface area (Å²) < 4.78 is 48.2.